The maximum Gasteiger partial charge on any atom is 0.274 e. The fraction of sp³-hybridized carbons (Fsp3) is 0.444. The third-order valence-electron chi connectivity index (χ3n) is 4.61. The van der Waals surface area contributed by atoms with E-state index in [4.69, 9.17) is 5.73 Å². The predicted molar refractivity (Wildman–Crippen MR) is 90.4 cm³/mol. The van der Waals surface area contributed by atoms with Crippen molar-refractivity contribution in [3.63, 3.8) is 0 Å². The first-order valence-electron chi connectivity index (χ1n) is 8.11. The molecule has 1 fully saturated rings. The topological polar surface area (TPSA) is 64.2 Å². The van der Waals surface area contributed by atoms with E-state index in [1.807, 2.05) is 36.2 Å². The Bertz CT molecular complexity index is 692. The number of hydrogen-bond acceptors (Lipinski definition) is 3. The normalized spacial score (nSPS) is 21.2. The van der Waals surface area contributed by atoms with Gasteiger partial charge in [-0.25, -0.2) is 0 Å². The van der Waals surface area contributed by atoms with Crippen molar-refractivity contribution in [2.75, 3.05) is 13.1 Å². The van der Waals surface area contributed by atoms with Crippen LogP contribution in [-0.2, 0) is 7.05 Å². The van der Waals surface area contributed by atoms with Crippen LogP contribution in [0.25, 0.3) is 0 Å². The fourth-order valence-electron chi connectivity index (χ4n) is 3.34. The molecular formula is C18H24N4O. The molecule has 1 aromatic carbocycles. The summed E-state index contributed by atoms with van der Waals surface area (Å²) in [6, 6.07) is 12.0. The molecule has 2 atom stereocenters. The summed E-state index contributed by atoms with van der Waals surface area (Å²) in [5, 5.41) is 4.38. The number of hydrogen-bond donors (Lipinski definition) is 1. The minimum Gasteiger partial charge on any atom is -0.335 e. The number of rotatable bonds is 3. The SMILES string of the molecule is CC(C)c1cc(C(=O)N2C[C@@H](N)[C@H](c3ccccc3)C2)nn1C. The Morgan fingerprint density at radius 3 is 2.57 bits per heavy atom. The quantitative estimate of drug-likeness (QED) is 0.944. The summed E-state index contributed by atoms with van der Waals surface area (Å²) in [6.45, 7) is 5.43. The van der Waals surface area contributed by atoms with Gasteiger partial charge in [0.2, 0.25) is 0 Å². The predicted octanol–water partition coefficient (Wildman–Crippen LogP) is 2.11. The average Bonchev–Trinajstić information content (AvgIpc) is 3.11. The first-order chi connectivity index (χ1) is 11.0. The molecule has 0 bridgehead atoms. The van der Waals surface area contributed by atoms with Crippen molar-refractivity contribution in [1.29, 1.82) is 0 Å². The summed E-state index contributed by atoms with van der Waals surface area (Å²) in [4.78, 5) is 14.6. The molecule has 3 rings (SSSR count). The van der Waals surface area contributed by atoms with Crippen LogP contribution in [0.15, 0.2) is 36.4 Å². The van der Waals surface area contributed by atoms with Gasteiger partial charge in [0.05, 0.1) is 0 Å². The fourth-order valence-corrected chi connectivity index (χ4v) is 3.34. The first kappa shape index (κ1) is 15.7. The van der Waals surface area contributed by atoms with Crippen molar-refractivity contribution < 1.29 is 4.79 Å². The van der Waals surface area contributed by atoms with E-state index < -0.39 is 0 Å². The molecule has 23 heavy (non-hydrogen) atoms. The third-order valence-corrected chi connectivity index (χ3v) is 4.61. The first-order valence-corrected chi connectivity index (χ1v) is 8.11. The highest BCUT2D eigenvalue weighted by atomic mass is 16.2. The van der Waals surface area contributed by atoms with Crippen LogP contribution in [0.1, 0.15) is 47.4 Å². The van der Waals surface area contributed by atoms with Gasteiger partial charge in [0.25, 0.3) is 5.91 Å². The van der Waals surface area contributed by atoms with Gasteiger partial charge in [0.1, 0.15) is 0 Å². The lowest BCUT2D eigenvalue weighted by Crippen LogP contribution is -2.32. The lowest BCUT2D eigenvalue weighted by atomic mass is 9.95. The Balaban J connectivity index is 1.78. The van der Waals surface area contributed by atoms with Gasteiger partial charge in [-0.15, -0.1) is 0 Å². The summed E-state index contributed by atoms with van der Waals surface area (Å²) in [5.74, 6) is 0.502. The second-order valence-corrected chi connectivity index (χ2v) is 6.62. The van der Waals surface area contributed by atoms with E-state index in [9.17, 15) is 4.79 Å². The zero-order valence-electron chi connectivity index (χ0n) is 13.9. The van der Waals surface area contributed by atoms with Crippen molar-refractivity contribution in [1.82, 2.24) is 14.7 Å². The van der Waals surface area contributed by atoms with E-state index in [0.29, 0.717) is 24.7 Å². The van der Waals surface area contributed by atoms with E-state index in [1.54, 1.807) is 4.68 Å². The molecule has 5 nitrogen and oxygen atoms in total. The number of aryl methyl sites for hydroxylation is 1. The minimum absolute atomic E-state index is 0.0265. The average molecular weight is 312 g/mol. The Morgan fingerprint density at radius 2 is 1.96 bits per heavy atom. The Morgan fingerprint density at radius 1 is 1.26 bits per heavy atom. The highest BCUT2D eigenvalue weighted by Crippen LogP contribution is 2.27. The summed E-state index contributed by atoms with van der Waals surface area (Å²) < 4.78 is 1.79. The summed E-state index contributed by atoms with van der Waals surface area (Å²) in [5.41, 5.74) is 9.05. The lowest BCUT2D eigenvalue weighted by molar-refractivity contribution is 0.0782. The summed E-state index contributed by atoms with van der Waals surface area (Å²) >= 11 is 0. The molecule has 122 valence electrons. The molecule has 1 aliphatic heterocycles. The maximum absolute atomic E-state index is 12.8. The molecular weight excluding hydrogens is 288 g/mol. The van der Waals surface area contributed by atoms with Crippen molar-refractivity contribution in [2.45, 2.75) is 31.7 Å². The van der Waals surface area contributed by atoms with E-state index in [-0.39, 0.29) is 17.9 Å². The third kappa shape index (κ3) is 3.01. The molecule has 2 N–H and O–H groups in total. The number of likely N-dealkylation sites (tertiary alicyclic amines) is 1. The van der Waals surface area contributed by atoms with Crippen LogP contribution in [0.2, 0.25) is 0 Å². The van der Waals surface area contributed by atoms with Crippen molar-refractivity contribution in [3.05, 3.63) is 53.3 Å². The maximum atomic E-state index is 12.8. The Labute approximate surface area is 137 Å². The number of aromatic nitrogens is 2. The number of nitrogens with two attached hydrogens (primary N) is 1. The van der Waals surface area contributed by atoms with Crippen LogP contribution in [0.4, 0.5) is 0 Å². The number of carbonyl (C=O) groups excluding carboxylic acids is 1. The number of amides is 1. The second kappa shape index (κ2) is 6.16. The highest BCUT2D eigenvalue weighted by molar-refractivity contribution is 5.92. The van der Waals surface area contributed by atoms with Crippen molar-refractivity contribution in [2.24, 2.45) is 12.8 Å². The van der Waals surface area contributed by atoms with E-state index >= 15 is 0 Å². The van der Waals surface area contributed by atoms with E-state index in [2.05, 4.69) is 31.1 Å². The number of benzene rings is 1. The standard InChI is InChI=1S/C18H24N4O/c1-12(2)17-9-16(20-21(17)3)18(23)22-10-14(15(19)11-22)13-7-5-4-6-8-13/h4-9,12,14-15H,10-11,19H2,1-3H3/t14-,15+/m0/s1. The largest absolute Gasteiger partial charge is 0.335 e. The van der Waals surface area contributed by atoms with E-state index in [0.717, 1.165) is 5.69 Å². The molecule has 0 radical (unpaired) electrons. The highest BCUT2D eigenvalue weighted by Gasteiger charge is 2.35. The van der Waals surface area contributed by atoms with Gasteiger partial charge in [-0.05, 0) is 17.5 Å². The molecule has 0 aliphatic carbocycles. The molecule has 1 aliphatic rings. The van der Waals surface area contributed by atoms with E-state index in [1.165, 1.54) is 5.56 Å². The second-order valence-electron chi connectivity index (χ2n) is 6.62. The smallest absolute Gasteiger partial charge is 0.274 e. The molecule has 0 saturated carbocycles. The minimum atomic E-state index is -0.0327. The molecule has 2 heterocycles. The van der Waals surface area contributed by atoms with Gasteiger partial charge in [0, 0.05) is 37.8 Å². The molecule has 0 unspecified atom stereocenters. The van der Waals surface area contributed by atoms with Crippen molar-refractivity contribution in [3.8, 4) is 0 Å². The molecule has 5 heteroatoms. The zero-order chi connectivity index (χ0) is 16.6. The molecule has 1 amide bonds. The number of nitrogens with zero attached hydrogens (tertiary/aromatic N) is 3. The number of carbonyl (C=O) groups is 1. The van der Waals surface area contributed by atoms with Gasteiger partial charge in [-0.2, -0.15) is 5.10 Å². The van der Waals surface area contributed by atoms with Crippen LogP contribution in [-0.4, -0.2) is 39.7 Å². The Kier molecular flexibility index (Phi) is 4.22. The van der Waals surface area contributed by atoms with Crippen LogP contribution in [0.3, 0.4) is 0 Å². The summed E-state index contributed by atoms with van der Waals surface area (Å²) in [6.07, 6.45) is 0. The van der Waals surface area contributed by atoms with Crippen LogP contribution in [0.5, 0.6) is 0 Å². The molecule has 1 aromatic heterocycles. The van der Waals surface area contributed by atoms with Crippen LogP contribution in [0, 0.1) is 0 Å². The molecule has 2 aromatic rings. The van der Waals surface area contributed by atoms with Gasteiger partial charge < -0.3 is 10.6 Å². The summed E-state index contributed by atoms with van der Waals surface area (Å²) in [7, 11) is 1.88. The van der Waals surface area contributed by atoms with Gasteiger partial charge in [0.15, 0.2) is 5.69 Å². The zero-order valence-corrected chi connectivity index (χ0v) is 13.9. The van der Waals surface area contributed by atoms with Gasteiger partial charge >= 0.3 is 0 Å². The molecule has 1 saturated heterocycles. The monoisotopic (exact) mass is 312 g/mol. The van der Waals surface area contributed by atoms with Gasteiger partial charge in [-0.1, -0.05) is 44.2 Å². The van der Waals surface area contributed by atoms with Gasteiger partial charge in [-0.3, -0.25) is 9.48 Å². The van der Waals surface area contributed by atoms with Crippen molar-refractivity contribution >= 4 is 5.91 Å². The lowest BCUT2D eigenvalue weighted by Gasteiger charge is -2.15. The van der Waals surface area contributed by atoms with Crippen LogP contribution < -0.4 is 5.73 Å². The molecule has 0 spiro atoms. The Hall–Kier alpha value is -2.14. The van der Waals surface area contributed by atoms with Crippen LogP contribution >= 0.6 is 0 Å².